The minimum absolute atomic E-state index is 0.418. The Morgan fingerprint density at radius 3 is 2.22 bits per heavy atom. The van der Waals surface area contributed by atoms with Crippen LogP contribution in [0.1, 0.15) is 83.5 Å². The highest BCUT2D eigenvalue weighted by molar-refractivity contribution is 5.91. The summed E-state index contributed by atoms with van der Waals surface area (Å²) in [6.07, 6.45) is 16.3. The second-order valence-electron chi connectivity index (χ2n) is 10.1. The molecule has 0 bridgehead atoms. The number of amides is 1. The van der Waals surface area contributed by atoms with Crippen molar-refractivity contribution in [2.45, 2.75) is 83.5 Å². The number of carbonyl (C=O) groups excluding carboxylic acids is 1. The SMILES string of the molecule is O=C(Nc1ccccc1)O/N=C(\C1CCCCC1)C(CN1CCCCC1)C1CCCCC1. The Morgan fingerprint density at radius 2 is 1.53 bits per heavy atom. The van der Waals surface area contributed by atoms with E-state index in [0.717, 1.165) is 12.2 Å². The zero-order chi connectivity index (χ0) is 22.0. The molecule has 1 aromatic carbocycles. The zero-order valence-corrected chi connectivity index (χ0v) is 19.6. The smallest absolute Gasteiger partial charge is 0.303 e. The van der Waals surface area contributed by atoms with Crippen molar-refractivity contribution in [3.8, 4) is 0 Å². The number of anilines is 1. The van der Waals surface area contributed by atoms with E-state index in [-0.39, 0.29) is 0 Å². The predicted molar refractivity (Wildman–Crippen MR) is 131 cm³/mol. The van der Waals surface area contributed by atoms with E-state index in [2.05, 4.69) is 15.4 Å². The normalized spacial score (nSPS) is 22.9. The number of hydrogen-bond acceptors (Lipinski definition) is 4. The van der Waals surface area contributed by atoms with Gasteiger partial charge in [-0.3, -0.25) is 10.2 Å². The third-order valence-electron chi connectivity index (χ3n) is 7.78. The van der Waals surface area contributed by atoms with Crippen LogP contribution in [0.5, 0.6) is 0 Å². The second kappa shape index (κ2) is 12.4. The molecule has 176 valence electrons. The molecule has 1 saturated heterocycles. The number of nitrogens with one attached hydrogen (secondary N) is 1. The van der Waals surface area contributed by atoms with Gasteiger partial charge in [0, 0.05) is 24.1 Å². The van der Waals surface area contributed by atoms with Gasteiger partial charge in [-0.25, -0.2) is 4.79 Å². The number of para-hydroxylation sites is 1. The summed E-state index contributed by atoms with van der Waals surface area (Å²) in [6, 6.07) is 9.49. The first-order valence-corrected chi connectivity index (χ1v) is 13.1. The van der Waals surface area contributed by atoms with Crippen molar-refractivity contribution in [2.75, 3.05) is 25.0 Å². The molecule has 1 unspecified atom stereocenters. The Labute approximate surface area is 194 Å². The summed E-state index contributed by atoms with van der Waals surface area (Å²) in [6.45, 7) is 3.50. The first kappa shape index (κ1) is 23.3. The van der Waals surface area contributed by atoms with Crippen LogP contribution in [0.25, 0.3) is 0 Å². The van der Waals surface area contributed by atoms with Gasteiger partial charge in [-0.15, -0.1) is 0 Å². The van der Waals surface area contributed by atoms with E-state index in [4.69, 9.17) is 4.84 Å². The molecule has 2 aliphatic carbocycles. The molecular formula is C27H41N3O2. The molecule has 2 saturated carbocycles. The average molecular weight is 440 g/mol. The Balaban J connectivity index is 1.52. The van der Waals surface area contributed by atoms with Gasteiger partial charge < -0.3 is 4.90 Å². The average Bonchev–Trinajstić information content (AvgIpc) is 2.86. The molecule has 1 aliphatic heterocycles. The largest absolute Gasteiger partial charge is 0.437 e. The van der Waals surface area contributed by atoms with Crippen molar-refractivity contribution >= 4 is 17.5 Å². The summed E-state index contributed by atoms with van der Waals surface area (Å²) in [5.41, 5.74) is 1.93. The lowest BCUT2D eigenvalue weighted by Crippen LogP contribution is -2.42. The summed E-state index contributed by atoms with van der Waals surface area (Å²) in [5, 5.41) is 7.48. The molecule has 3 aliphatic rings. The summed E-state index contributed by atoms with van der Waals surface area (Å²) >= 11 is 0. The molecule has 4 rings (SSSR count). The second-order valence-corrected chi connectivity index (χ2v) is 10.1. The van der Waals surface area contributed by atoms with Gasteiger partial charge >= 0.3 is 6.09 Å². The number of benzene rings is 1. The van der Waals surface area contributed by atoms with Crippen molar-refractivity contribution in [3.63, 3.8) is 0 Å². The fourth-order valence-corrected chi connectivity index (χ4v) is 6.04. The van der Waals surface area contributed by atoms with E-state index in [0.29, 0.717) is 17.8 Å². The number of likely N-dealkylation sites (tertiary alicyclic amines) is 1. The first-order chi connectivity index (χ1) is 15.8. The van der Waals surface area contributed by atoms with Gasteiger partial charge in [-0.05, 0) is 69.7 Å². The highest BCUT2D eigenvalue weighted by Gasteiger charge is 2.35. The van der Waals surface area contributed by atoms with Crippen LogP contribution in [-0.2, 0) is 4.84 Å². The Kier molecular flexibility index (Phi) is 9.01. The molecule has 32 heavy (non-hydrogen) atoms. The van der Waals surface area contributed by atoms with E-state index < -0.39 is 6.09 Å². The van der Waals surface area contributed by atoms with E-state index in [1.54, 1.807) is 0 Å². The molecule has 5 heteroatoms. The molecule has 1 aromatic rings. The molecule has 5 nitrogen and oxygen atoms in total. The standard InChI is InChI=1S/C27H41N3O2/c31-27(28-24-17-9-3-10-18-24)32-29-26(23-15-7-2-8-16-23)25(22-13-5-1-6-14-22)21-30-19-11-4-12-20-30/h3,9-10,17-18,22-23,25H,1-2,4-8,11-16,19-21H2,(H,28,31)/b29-26+. The molecule has 0 aromatic heterocycles. The van der Waals surface area contributed by atoms with E-state index >= 15 is 0 Å². The third-order valence-corrected chi connectivity index (χ3v) is 7.78. The van der Waals surface area contributed by atoms with Gasteiger partial charge in [0.25, 0.3) is 0 Å². The fourth-order valence-electron chi connectivity index (χ4n) is 6.04. The van der Waals surface area contributed by atoms with Crippen molar-refractivity contribution in [3.05, 3.63) is 30.3 Å². The quantitative estimate of drug-likeness (QED) is 0.287. The predicted octanol–water partition coefficient (Wildman–Crippen LogP) is 6.85. The van der Waals surface area contributed by atoms with E-state index in [1.807, 2.05) is 30.3 Å². The van der Waals surface area contributed by atoms with Crippen LogP contribution in [0.4, 0.5) is 10.5 Å². The van der Waals surface area contributed by atoms with Crippen LogP contribution in [0.2, 0.25) is 0 Å². The van der Waals surface area contributed by atoms with Crippen LogP contribution in [0.15, 0.2) is 35.5 Å². The summed E-state index contributed by atoms with van der Waals surface area (Å²) in [7, 11) is 0. The molecule has 1 atom stereocenters. The molecule has 3 fully saturated rings. The molecule has 1 heterocycles. The lowest BCUT2D eigenvalue weighted by molar-refractivity contribution is 0.153. The maximum atomic E-state index is 12.5. The van der Waals surface area contributed by atoms with Crippen molar-refractivity contribution in [1.82, 2.24) is 4.90 Å². The van der Waals surface area contributed by atoms with Gasteiger partial charge in [0.15, 0.2) is 0 Å². The molecule has 0 spiro atoms. The van der Waals surface area contributed by atoms with Gasteiger partial charge in [-0.1, -0.05) is 68.3 Å². The Morgan fingerprint density at radius 1 is 0.906 bits per heavy atom. The zero-order valence-electron chi connectivity index (χ0n) is 19.6. The molecule has 1 amide bonds. The van der Waals surface area contributed by atoms with Crippen LogP contribution in [0.3, 0.4) is 0 Å². The van der Waals surface area contributed by atoms with Crippen LogP contribution >= 0.6 is 0 Å². The first-order valence-electron chi connectivity index (χ1n) is 13.1. The highest BCUT2D eigenvalue weighted by Crippen LogP contribution is 2.37. The molecular weight excluding hydrogens is 398 g/mol. The number of carbonyl (C=O) groups is 1. The Hall–Kier alpha value is -1.88. The van der Waals surface area contributed by atoms with Crippen molar-refractivity contribution in [2.24, 2.45) is 22.9 Å². The number of oxime groups is 1. The van der Waals surface area contributed by atoms with Crippen LogP contribution in [0, 0.1) is 17.8 Å². The number of piperidine rings is 1. The van der Waals surface area contributed by atoms with Gasteiger partial charge in [0.1, 0.15) is 0 Å². The topological polar surface area (TPSA) is 53.9 Å². The fraction of sp³-hybridized carbons (Fsp3) is 0.704. The van der Waals surface area contributed by atoms with Gasteiger partial charge in [-0.2, -0.15) is 0 Å². The van der Waals surface area contributed by atoms with Crippen LogP contribution in [-0.4, -0.2) is 36.3 Å². The summed E-state index contributed by atoms with van der Waals surface area (Å²) in [4.78, 5) is 20.7. The minimum Gasteiger partial charge on any atom is -0.303 e. The van der Waals surface area contributed by atoms with E-state index in [9.17, 15) is 4.79 Å². The monoisotopic (exact) mass is 439 g/mol. The maximum absolute atomic E-state index is 12.5. The molecule has 1 N–H and O–H groups in total. The van der Waals surface area contributed by atoms with Crippen LogP contribution < -0.4 is 5.32 Å². The molecule has 0 radical (unpaired) electrons. The third kappa shape index (κ3) is 6.81. The minimum atomic E-state index is -0.482. The maximum Gasteiger partial charge on any atom is 0.437 e. The number of nitrogens with zero attached hydrogens (tertiary/aromatic N) is 2. The van der Waals surface area contributed by atoms with E-state index in [1.165, 1.54) is 102 Å². The van der Waals surface area contributed by atoms with Crippen molar-refractivity contribution in [1.29, 1.82) is 0 Å². The number of rotatable bonds is 7. The summed E-state index contributed by atoms with van der Waals surface area (Å²) in [5.74, 6) is 1.55. The summed E-state index contributed by atoms with van der Waals surface area (Å²) < 4.78 is 0. The lowest BCUT2D eigenvalue weighted by Gasteiger charge is -2.38. The van der Waals surface area contributed by atoms with Crippen molar-refractivity contribution < 1.29 is 9.63 Å². The lowest BCUT2D eigenvalue weighted by atomic mass is 9.72. The highest BCUT2D eigenvalue weighted by atomic mass is 16.7. The van der Waals surface area contributed by atoms with Gasteiger partial charge in [0.05, 0.1) is 5.71 Å². The Bertz CT molecular complexity index is 718. The number of hydrogen-bond donors (Lipinski definition) is 1. The van der Waals surface area contributed by atoms with Gasteiger partial charge in [0.2, 0.25) is 0 Å².